The van der Waals surface area contributed by atoms with Crippen LogP contribution in [0.4, 0.5) is 0 Å². The maximum Gasteiger partial charge on any atom is 0.260 e. The average Bonchev–Trinajstić information content (AvgIpc) is 2.46. The van der Waals surface area contributed by atoms with Crippen LogP contribution in [-0.2, 0) is 11.3 Å². The smallest absolute Gasteiger partial charge is 0.260 e. The molecule has 1 atom stereocenters. The van der Waals surface area contributed by atoms with Gasteiger partial charge in [-0.25, -0.2) is 0 Å². The Morgan fingerprint density at radius 1 is 1.33 bits per heavy atom. The fraction of sp³-hybridized carbons (Fsp3) is 0.562. The van der Waals surface area contributed by atoms with Gasteiger partial charge >= 0.3 is 0 Å². The molecule has 1 aromatic carbocycles. The van der Waals surface area contributed by atoms with Crippen molar-refractivity contribution < 1.29 is 14.3 Å². The van der Waals surface area contributed by atoms with E-state index in [0.717, 1.165) is 17.7 Å². The summed E-state index contributed by atoms with van der Waals surface area (Å²) in [5.74, 6) is 1.78. The Labute approximate surface area is 126 Å². The monoisotopic (exact) mass is 294 g/mol. The van der Waals surface area contributed by atoms with Crippen LogP contribution in [0.1, 0.15) is 32.8 Å². The Kier molecular flexibility index (Phi) is 7.02. The van der Waals surface area contributed by atoms with Crippen LogP contribution in [0.5, 0.6) is 11.5 Å². The molecule has 5 nitrogen and oxygen atoms in total. The lowest BCUT2D eigenvalue weighted by Gasteiger charge is -2.17. The third kappa shape index (κ3) is 5.63. The molecule has 0 aliphatic rings. The molecule has 0 saturated heterocycles. The third-order valence-corrected chi connectivity index (χ3v) is 3.18. The topological polar surface area (TPSA) is 73.6 Å². The molecule has 1 amide bonds. The summed E-state index contributed by atoms with van der Waals surface area (Å²) < 4.78 is 10.9. The maximum atomic E-state index is 12.0. The lowest BCUT2D eigenvalue weighted by Crippen LogP contribution is -2.37. The normalized spacial score (nSPS) is 12.1. The maximum absolute atomic E-state index is 12.0. The van der Waals surface area contributed by atoms with Gasteiger partial charge in [0.25, 0.3) is 5.91 Å². The summed E-state index contributed by atoms with van der Waals surface area (Å²) in [4.78, 5) is 12.0. The van der Waals surface area contributed by atoms with Gasteiger partial charge in [-0.15, -0.1) is 0 Å². The van der Waals surface area contributed by atoms with E-state index in [2.05, 4.69) is 19.2 Å². The molecule has 0 bridgehead atoms. The number of hydrogen-bond donors (Lipinski definition) is 2. The van der Waals surface area contributed by atoms with Gasteiger partial charge in [-0.1, -0.05) is 13.8 Å². The number of methoxy groups -OCH3 is 1. The number of rotatable bonds is 8. The standard InChI is InChI=1S/C16H26N2O3/c1-11(2)7-8-18-16(19)12(3)21-15-6-5-14(20-4)9-13(15)10-17/h5-6,9,11-12H,7-8,10,17H2,1-4H3,(H,18,19). The fourth-order valence-corrected chi connectivity index (χ4v) is 1.83. The summed E-state index contributed by atoms with van der Waals surface area (Å²) in [6.07, 6.45) is 0.394. The zero-order valence-electron chi connectivity index (χ0n) is 13.3. The summed E-state index contributed by atoms with van der Waals surface area (Å²) >= 11 is 0. The minimum Gasteiger partial charge on any atom is -0.497 e. The van der Waals surface area contributed by atoms with Crippen LogP contribution in [0.25, 0.3) is 0 Å². The van der Waals surface area contributed by atoms with Gasteiger partial charge in [0.1, 0.15) is 11.5 Å². The van der Waals surface area contributed by atoms with Crippen molar-refractivity contribution >= 4 is 5.91 Å². The first-order chi connectivity index (χ1) is 9.97. The van der Waals surface area contributed by atoms with Gasteiger partial charge in [0, 0.05) is 18.7 Å². The van der Waals surface area contributed by atoms with Gasteiger partial charge in [0.2, 0.25) is 0 Å². The summed E-state index contributed by atoms with van der Waals surface area (Å²) in [5.41, 5.74) is 6.52. The Balaban J connectivity index is 2.61. The predicted molar refractivity (Wildman–Crippen MR) is 83.4 cm³/mol. The van der Waals surface area contributed by atoms with E-state index in [4.69, 9.17) is 15.2 Å². The second-order valence-electron chi connectivity index (χ2n) is 5.41. The van der Waals surface area contributed by atoms with Gasteiger partial charge in [0.15, 0.2) is 6.10 Å². The lowest BCUT2D eigenvalue weighted by atomic mass is 10.1. The number of nitrogens with one attached hydrogen (secondary N) is 1. The van der Waals surface area contributed by atoms with Crippen molar-refractivity contribution in [3.8, 4) is 11.5 Å². The van der Waals surface area contributed by atoms with Crippen LogP contribution < -0.4 is 20.5 Å². The molecule has 118 valence electrons. The lowest BCUT2D eigenvalue weighted by molar-refractivity contribution is -0.127. The van der Waals surface area contributed by atoms with E-state index in [9.17, 15) is 4.79 Å². The van der Waals surface area contributed by atoms with E-state index in [1.807, 2.05) is 6.07 Å². The highest BCUT2D eigenvalue weighted by molar-refractivity contribution is 5.80. The third-order valence-electron chi connectivity index (χ3n) is 3.18. The Morgan fingerprint density at radius 3 is 2.62 bits per heavy atom. The summed E-state index contributed by atoms with van der Waals surface area (Å²) in [5, 5.41) is 2.87. The van der Waals surface area contributed by atoms with Gasteiger partial charge in [0.05, 0.1) is 7.11 Å². The first-order valence-electron chi connectivity index (χ1n) is 7.29. The number of carbonyl (C=O) groups excluding carboxylic acids is 1. The molecule has 0 heterocycles. The van der Waals surface area contributed by atoms with E-state index in [0.29, 0.717) is 24.8 Å². The zero-order valence-corrected chi connectivity index (χ0v) is 13.3. The molecule has 0 radical (unpaired) electrons. The highest BCUT2D eigenvalue weighted by Crippen LogP contribution is 2.24. The molecule has 21 heavy (non-hydrogen) atoms. The Bertz CT molecular complexity index is 461. The number of benzene rings is 1. The molecule has 1 aromatic rings. The van der Waals surface area contributed by atoms with Crippen LogP contribution in [0.2, 0.25) is 0 Å². The van der Waals surface area contributed by atoms with Crippen molar-refractivity contribution in [2.75, 3.05) is 13.7 Å². The van der Waals surface area contributed by atoms with E-state index in [1.165, 1.54) is 0 Å². The van der Waals surface area contributed by atoms with E-state index in [-0.39, 0.29) is 5.91 Å². The van der Waals surface area contributed by atoms with Crippen LogP contribution >= 0.6 is 0 Å². The molecule has 1 unspecified atom stereocenters. The van der Waals surface area contributed by atoms with Crippen molar-refractivity contribution in [3.63, 3.8) is 0 Å². The molecule has 0 spiro atoms. The second-order valence-corrected chi connectivity index (χ2v) is 5.41. The molecule has 0 aliphatic heterocycles. The van der Waals surface area contributed by atoms with Crippen molar-refractivity contribution in [3.05, 3.63) is 23.8 Å². The predicted octanol–water partition coefficient (Wildman–Crippen LogP) is 2.08. The van der Waals surface area contributed by atoms with Crippen LogP contribution in [0.3, 0.4) is 0 Å². The van der Waals surface area contributed by atoms with Crippen LogP contribution in [0, 0.1) is 5.92 Å². The average molecular weight is 294 g/mol. The number of amides is 1. The summed E-state index contributed by atoms with van der Waals surface area (Å²) in [6.45, 7) is 6.97. The number of hydrogen-bond acceptors (Lipinski definition) is 4. The first-order valence-corrected chi connectivity index (χ1v) is 7.29. The highest BCUT2D eigenvalue weighted by atomic mass is 16.5. The van der Waals surface area contributed by atoms with Crippen LogP contribution in [-0.4, -0.2) is 25.7 Å². The summed E-state index contributed by atoms with van der Waals surface area (Å²) in [7, 11) is 1.60. The van der Waals surface area contributed by atoms with Gasteiger partial charge in [-0.2, -0.15) is 0 Å². The summed E-state index contributed by atoms with van der Waals surface area (Å²) in [6, 6.07) is 5.38. The molecule has 0 fully saturated rings. The fourth-order valence-electron chi connectivity index (χ4n) is 1.83. The number of nitrogens with two attached hydrogens (primary N) is 1. The Morgan fingerprint density at radius 2 is 2.05 bits per heavy atom. The molecule has 3 N–H and O–H groups in total. The molecule has 1 rings (SSSR count). The quantitative estimate of drug-likeness (QED) is 0.770. The minimum atomic E-state index is -0.559. The molecular weight excluding hydrogens is 268 g/mol. The van der Waals surface area contributed by atoms with E-state index >= 15 is 0 Å². The van der Waals surface area contributed by atoms with Gasteiger partial charge < -0.3 is 20.5 Å². The van der Waals surface area contributed by atoms with E-state index in [1.54, 1.807) is 26.2 Å². The van der Waals surface area contributed by atoms with Crippen LogP contribution in [0.15, 0.2) is 18.2 Å². The molecule has 0 saturated carbocycles. The van der Waals surface area contributed by atoms with Crippen molar-refractivity contribution in [2.24, 2.45) is 11.7 Å². The van der Waals surface area contributed by atoms with Gasteiger partial charge in [-0.3, -0.25) is 4.79 Å². The van der Waals surface area contributed by atoms with E-state index < -0.39 is 6.10 Å². The minimum absolute atomic E-state index is 0.116. The largest absolute Gasteiger partial charge is 0.497 e. The van der Waals surface area contributed by atoms with Crippen molar-refractivity contribution in [1.82, 2.24) is 5.32 Å². The zero-order chi connectivity index (χ0) is 15.8. The molecule has 0 aromatic heterocycles. The van der Waals surface area contributed by atoms with Crippen molar-refractivity contribution in [2.45, 2.75) is 39.8 Å². The number of ether oxygens (including phenoxy) is 2. The first kappa shape index (κ1) is 17.3. The SMILES string of the molecule is COc1ccc(OC(C)C(=O)NCCC(C)C)c(CN)c1. The van der Waals surface area contributed by atoms with Gasteiger partial charge in [-0.05, 0) is 37.5 Å². The molecule has 5 heteroatoms. The van der Waals surface area contributed by atoms with Crippen molar-refractivity contribution in [1.29, 1.82) is 0 Å². The Hall–Kier alpha value is -1.75. The molecule has 0 aliphatic carbocycles. The highest BCUT2D eigenvalue weighted by Gasteiger charge is 2.16. The number of carbonyl (C=O) groups is 1. The second kappa shape index (κ2) is 8.52. The molecular formula is C16H26N2O3.